The first-order valence-electron chi connectivity index (χ1n) is 9.18. The van der Waals surface area contributed by atoms with Crippen molar-refractivity contribution in [3.05, 3.63) is 12.7 Å². The largest absolute Gasteiger partial charge is 0.412 e. The minimum Gasteiger partial charge on any atom is -0.412 e. The maximum absolute atomic E-state index is 6.51. The van der Waals surface area contributed by atoms with Crippen molar-refractivity contribution in [1.29, 1.82) is 0 Å². The SMILES string of the molecule is C=C[C@H]1OC(C)(C)O[C@H]1[C@H]1CC[C@@H]([C@H](C)O[Si](C)(C)C(C)(C)C)O1. The van der Waals surface area contributed by atoms with E-state index in [4.69, 9.17) is 18.6 Å². The van der Waals surface area contributed by atoms with Gasteiger partial charge in [-0.2, -0.15) is 0 Å². The molecule has 0 radical (unpaired) electrons. The summed E-state index contributed by atoms with van der Waals surface area (Å²) in [6.07, 6.45) is 3.89. The van der Waals surface area contributed by atoms with Crippen molar-refractivity contribution < 1.29 is 18.6 Å². The van der Waals surface area contributed by atoms with Crippen LogP contribution in [0.2, 0.25) is 18.1 Å². The molecule has 0 spiro atoms. The highest BCUT2D eigenvalue weighted by Gasteiger charge is 2.48. The Morgan fingerprint density at radius 2 is 1.83 bits per heavy atom. The van der Waals surface area contributed by atoms with Crippen LogP contribution in [0, 0.1) is 0 Å². The van der Waals surface area contributed by atoms with Crippen LogP contribution in [0.4, 0.5) is 0 Å². The summed E-state index contributed by atoms with van der Waals surface area (Å²) in [6.45, 7) is 21.3. The zero-order valence-electron chi connectivity index (χ0n) is 16.7. The summed E-state index contributed by atoms with van der Waals surface area (Å²) in [5, 5.41) is 0.208. The minimum absolute atomic E-state index is 0.0465. The standard InChI is InChI=1S/C19H36O4Si/c1-10-14-17(22-19(6,7)21-14)16-12-11-15(20-16)13(2)23-24(8,9)18(3,4)5/h10,13-17H,1,11-12H2,2-9H3/t13-,14+,15-,16+,17+/m0/s1. The van der Waals surface area contributed by atoms with E-state index < -0.39 is 14.1 Å². The molecule has 0 bridgehead atoms. The van der Waals surface area contributed by atoms with Gasteiger partial charge in [0.25, 0.3) is 0 Å². The van der Waals surface area contributed by atoms with Gasteiger partial charge in [0.15, 0.2) is 14.1 Å². The highest BCUT2D eigenvalue weighted by Crippen LogP contribution is 2.40. The highest BCUT2D eigenvalue weighted by atomic mass is 28.4. The molecular formula is C19H36O4Si. The van der Waals surface area contributed by atoms with E-state index in [1.165, 1.54) is 0 Å². The molecule has 0 saturated carbocycles. The second kappa shape index (κ2) is 6.84. The van der Waals surface area contributed by atoms with Crippen LogP contribution in [0.5, 0.6) is 0 Å². The van der Waals surface area contributed by atoms with Gasteiger partial charge in [-0.25, -0.2) is 0 Å². The molecule has 140 valence electrons. The van der Waals surface area contributed by atoms with Crippen LogP contribution in [0.15, 0.2) is 12.7 Å². The molecule has 4 nitrogen and oxygen atoms in total. The molecule has 0 amide bonds. The minimum atomic E-state index is -1.78. The fourth-order valence-corrected chi connectivity index (χ4v) is 4.72. The summed E-state index contributed by atoms with van der Waals surface area (Å²) in [5.74, 6) is -0.575. The van der Waals surface area contributed by atoms with Gasteiger partial charge in [0, 0.05) is 0 Å². The summed E-state index contributed by atoms with van der Waals surface area (Å²) in [5.41, 5.74) is 0. The van der Waals surface area contributed by atoms with E-state index >= 15 is 0 Å². The van der Waals surface area contributed by atoms with Gasteiger partial charge < -0.3 is 18.6 Å². The predicted octanol–water partition coefficient (Wildman–Crippen LogP) is 4.65. The molecular weight excluding hydrogens is 320 g/mol. The van der Waals surface area contributed by atoms with Crippen molar-refractivity contribution in [2.45, 2.75) is 109 Å². The van der Waals surface area contributed by atoms with E-state index in [1.807, 2.05) is 19.9 Å². The highest BCUT2D eigenvalue weighted by molar-refractivity contribution is 6.74. The summed E-state index contributed by atoms with van der Waals surface area (Å²) >= 11 is 0. The van der Waals surface area contributed by atoms with Crippen LogP contribution < -0.4 is 0 Å². The third-order valence-corrected chi connectivity index (χ3v) is 10.2. The van der Waals surface area contributed by atoms with E-state index in [9.17, 15) is 0 Å². The Bertz CT molecular complexity index is 455. The van der Waals surface area contributed by atoms with Gasteiger partial charge in [-0.05, 0) is 51.7 Å². The monoisotopic (exact) mass is 356 g/mol. The summed E-state index contributed by atoms with van der Waals surface area (Å²) < 4.78 is 24.8. The Balaban J connectivity index is 1.96. The van der Waals surface area contributed by atoms with Crippen molar-refractivity contribution in [2.75, 3.05) is 0 Å². The average molecular weight is 357 g/mol. The predicted molar refractivity (Wildman–Crippen MR) is 99.7 cm³/mol. The number of ether oxygens (including phenoxy) is 3. The third-order valence-electron chi connectivity index (χ3n) is 5.66. The average Bonchev–Trinajstić information content (AvgIpc) is 3.00. The Hall–Kier alpha value is -0.203. The van der Waals surface area contributed by atoms with Gasteiger partial charge in [0.2, 0.25) is 0 Å². The molecule has 2 rings (SSSR count). The van der Waals surface area contributed by atoms with Crippen molar-refractivity contribution in [2.24, 2.45) is 0 Å². The number of hydrogen-bond donors (Lipinski definition) is 0. The van der Waals surface area contributed by atoms with Crippen LogP contribution in [0.1, 0.15) is 54.4 Å². The van der Waals surface area contributed by atoms with E-state index in [0.717, 1.165) is 12.8 Å². The van der Waals surface area contributed by atoms with Gasteiger partial charge in [-0.3, -0.25) is 0 Å². The Morgan fingerprint density at radius 3 is 2.38 bits per heavy atom. The quantitative estimate of drug-likeness (QED) is 0.531. The van der Waals surface area contributed by atoms with Crippen molar-refractivity contribution in [3.63, 3.8) is 0 Å². The van der Waals surface area contributed by atoms with E-state index in [1.54, 1.807) is 0 Å². The molecule has 0 aromatic carbocycles. The maximum Gasteiger partial charge on any atom is 0.192 e. The molecule has 5 heteroatoms. The van der Waals surface area contributed by atoms with Crippen LogP contribution in [0.25, 0.3) is 0 Å². The normalized spacial score (nSPS) is 35.2. The smallest absolute Gasteiger partial charge is 0.192 e. The van der Waals surface area contributed by atoms with Gasteiger partial charge >= 0.3 is 0 Å². The fourth-order valence-electron chi connectivity index (χ4n) is 3.28. The second-order valence-electron chi connectivity index (χ2n) is 9.17. The topological polar surface area (TPSA) is 36.9 Å². The van der Waals surface area contributed by atoms with Crippen LogP contribution in [-0.4, -0.2) is 44.6 Å². The molecule has 2 aliphatic heterocycles. The number of hydrogen-bond acceptors (Lipinski definition) is 4. The zero-order valence-corrected chi connectivity index (χ0v) is 17.7. The molecule has 24 heavy (non-hydrogen) atoms. The van der Waals surface area contributed by atoms with Gasteiger partial charge in [0.05, 0.1) is 18.3 Å². The van der Waals surface area contributed by atoms with Crippen molar-refractivity contribution >= 4 is 8.32 Å². The molecule has 0 unspecified atom stereocenters. The number of rotatable bonds is 5. The molecule has 0 aromatic heterocycles. The Kier molecular flexibility index (Phi) is 5.73. The van der Waals surface area contributed by atoms with Crippen molar-refractivity contribution in [3.8, 4) is 0 Å². The molecule has 0 N–H and O–H groups in total. The lowest BCUT2D eigenvalue weighted by molar-refractivity contribution is -0.159. The van der Waals surface area contributed by atoms with E-state index in [-0.39, 0.29) is 35.6 Å². The second-order valence-corrected chi connectivity index (χ2v) is 13.9. The van der Waals surface area contributed by atoms with Crippen LogP contribution in [0.3, 0.4) is 0 Å². The van der Waals surface area contributed by atoms with E-state index in [2.05, 4.69) is 47.4 Å². The Morgan fingerprint density at radius 1 is 1.21 bits per heavy atom. The fraction of sp³-hybridized carbons (Fsp3) is 0.895. The van der Waals surface area contributed by atoms with Crippen molar-refractivity contribution in [1.82, 2.24) is 0 Å². The van der Waals surface area contributed by atoms with Gasteiger partial charge in [-0.1, -0.05) is 26.8 Å². The Labute approximate surface area is 149 Å². The third kappa shape index (κ3) is 4.30. The molecule has 2 aliphatic rings. The van der Waals surface area contributed by atoms with Gasteiger partial charge in [0.1, 0.15) is 12.2 Å². The molecule has 5 atom stereocenters. The van der Waals surface area contributed by atoms with Crippen LogP contribution in [-0.2, 0) is 18.6 Å². The lowest BCUT2D eigenvalue weighted by Crippen LogP contribution is -2.46. The first kappa shape index (κ1) is 20.1. The summed E-state index contributed by atoms with van der Waals surface area (Å²) in [4.78, 5) is 0. The molecule has 0 aromatic rings. The maximum atomic E-state index is 6.51. The lowest BCUT2D eigenvalue weighted by Gasteiger charge is -2.39. The van der Waals surface area contributed by atoms with Gasteiger partial charge in [-0.15, -0.1) is 6.58 Å². The molecule has 2 saturated heterocycles. The molecule has 2 fully saturated rings. The van der Waals surface area contributed by atoms with E-state index in [0.29, 0.717) is 0 Å². The molecule has 2 heterocycles. The summed E-state index contributed by atoms with van der Waals surface area (Å²) in [6, 6.07) is 0. The summed E-state index contributed by atoms with van der Waals surface area (Å²) in [7, 11) is -1.78. The molecule has 0 aliphatic carbocycles. The lowest BCUT2D eigenvalue weighted by atomic mass is 10.0. The van der Waals surface area contributed by atoms with Crippen LogP contribution >= 0.6 is 0 Å². The first-order valence-corrected chi connectivity index (χ1v) is 12.1. The first-order chi connectivity index (χ1) is 10.9. The zero-order chi connectivity index (χ0) is 18.3.